The highest BCUT2D eigenvalue weighted by Gasteiger charge is 2.01. The number of aryl methyl sites for hydroxylation is 1. The van der Waals surface area contributed by atoms with Gasteiger partial charge in [0.25, 0.3) is 0 Å². The number of nitriles is 1. The Labute approximate surface area is 83.3 Å². The van der Waals surface area contributed by atoms with Gasteiger partial charge in [0.15, 0.2) is 0 Å². The van der Waals surface area contributed by atoms with Gasteiger partial charge >= 0.3 is 0 Å². The average molecular weight is 188 g/mol. The highest BCUT2D eigenvalue weighted by molar-refractivity contribution is 5.40. The molecule has 0 fully saturated rings. The first kappa shape index (κ1) is 10.2. The normalized spacial score (nSPS) is 9.14. The van der Waals surface area contributed by atoms with Crippen molar-refractivity contribution in [2.75, 3.05) is 11.9 Å². The van der Waals surface area contributed by atoms with E-state index in [0.29, 0.717) is 23.9 Å². The van der Waals surface area contributed by atoms with Gasteiger partial charge in [0.1, 0.15) is 23.4 Å². The third-order valence-electron chi connectivity index (χ3n) is 1.63. The van der Waals surface area contributed by atoms with Crippen LogP contribution in [0.5, 0.6) is 0 Å². The molecule has 0 saturated carbocycles. The SMILES string of the molecule is C=CCNc1cc(C#N)nc(CC)n1. The van der Waals surface area contributed by atoms with E-state index in [-0.39, 0.29) is 0 Å². The van der Waals surface area contributed by atoms with Gasteiger partial charge in [-0.25, -0.2) is 9.97 Å². The van der Waals surface area contributed by atoms with Crippen LogP contribution < -0.4 is 5.32 Å². The molecule has 0 atom stereocenters. The molecule has 14 heavy (non-hydrogen) atoms. The van der Waals surface area contributed by atoms with E-state index >= 15 is 0 Å². The number of aromatic nitrogens is 2. The maximum atomic E-state index is 8.72. The minimum absolute atomic E-state index is 0.392. The van der Waals surface area contributed by atoms with Crippen LogP contribution in [0.1, 0.15) is 18.4 Å². The van der Waals surface area contributed by atoms with Crippen molar-refractivity contribution >= 4 is 5.82 Å². The van der Waals surface area contributed by atoms with E-state index in [1.54, 1.807) is 12.1 Å². The van der Waals surface area contributed by atoms with Crippen molar-refractivity contribution in [3.8, 4) is 6.07 Å². The summed E-state index contributed by atoms with van der Waals surface area (Å²) in [6.45, 7) is 6.17. The van der Waals surface area contributed by atoms with Gasteiger partial charge in [0.05, 0.1) is 0 Å². The third kappa shape index (κ3) is 2.56. The number of nitrogens with one attached hydrogen (secondary N) is 1. The Kier molecular flexibility index (Phi) is 3.62. The molecule has 0 aliphatic heterocycles. The molecule has 0 bridgehead atoms. The molecular weight excluding hydrogens is 176 g/mol. The Morgan fingerprint density at radius 2 is 2.43 bits per heavy atom. The molecule has 72 valence electrons. The van der Waals surface area contributed by atoms with Crippen LogP contribution in [0.2, 0.25) is 0 Å². The molecule has 1 aromatic heterocycles. The van der Waals surface area contributed by atoms with Crippen LogP contribution in [0.4, 0.5) is 5.82 Å². The smallest absolute Gasteiger partial charge is 0.146 e. The van der Waals surface area contributed by atoms with Crippen molar-refractivity contribution in [1.29, 1.82) is 5.26 Å². The van der Waals surface area contributed by atoms with E-state index in [0.717, 1.165) is 6.42 Å². The van der Waals surface area contributed by atoms with Crippen molar-refractivity contribution < 1.29 is 0 Å². The van der Waals surface area contributed by atoms with Crippen molar-refractivity contribution in [1.82, 2.24) is 9.97 Å². The number of hydrogen-bond donors (Lipinski definition) is 1. The van der Waals surface area contributed by atoms with Crippen molar-refractivity contribution in [3.05, 3.63) is 30.2 Å². The minimum atomic E-state index is 0.392. The third-order valence-corrected chi connectivity index (χ3v) is 1.63. The van der Waals surface area contributed by atoms with Gasteiger partial charge in [-0.15, -0.1) is 6.58 Å². The summed E-state index contributed by atoms with van der Waals surface area (Å²) >= 11 is 0. The summed E-state index contributed by atoms with van der Waals surface area (Å²) < 4.78 is 0. The second-order valence-corrected chi connectivity index (χ2v) is 2.69. The highest BCUT2D eigenvalue weighted by Crippen LogP contribution is 2.06. The van der Waals surface area contributed by atoms with Crippen molar-refractivity contribution in [3.63, 3.8) is 0 Å². The van der Waals surface area contributed by atoms with Gasteiger partial charge in [-0.1, -0.05) is 13.0 Å². The van der Waals surface area contributed by atoms with Gasteiger partial charge < -0.3 is 5.32 Å². The summed E-state index contributed by atoms with van der Waals surface area (Å²) in [5.41, 5.74) is 0.392. The van der Waals surface area contributed by atoms with Crippen LogP contribution in [0.15, 0.2) is 18.7 Å². The Morgan fingerprint density at radius 1 is 1.64 bits per heavy atom. The zero-order valence-corrected chi connectivity index (χ0v) is 8.12. The first-order valence-electron chi connectivity index (χ1n) is 4.43. The van der Waals surface area contributed by atoms with E-state index in [1.807, 2.05) is 13.0 Å². The molecule has 0 aliphatic rings. The standard InChI is InChI=1S/C10H12N4/c1-3-5-12-10-6-8(7-11)13-9(4-2)14-10/h3,6H,1,4-5H2,2H3,(H,12,13,14). The zero-order chi connectivity index (χ0) is 10.4. The number of anilines is 1. The van der Waals surface area contributed by atoms with E-state index in [1.165, 1.54) is 0 Å². The summed E-state index contributed by atoms with van der Waals surface area (Å²) in [4.78, 5) is 8.26. The van der Waals surface area contributed by atoms with Crippen LogP contribution >= 0.6 is 0 Å². The molecule has 1 N–H and O–H groups in total. The Hall–Kier alpha value is -1.89. The topological polar surface area (TPSA) is 61.6 Å². The first-order chi connectivity index (χ1) is 6.80. The average Bonchev–Trinajstić information content (AvgIpc) is 2.25. The molecule has 0 aromatic carbocycles. The largest absolute Gasteiger partial charge is 0.366 e. The molecule has 4 heteroatoms. The van der Waals surface area contributed by atoms with Crippen molar-refractivity contribution in [2.45, 2.75) is 13.3 Å². The fraction of sp³-hybridized carbons (Fsp3) is 0.300. The lowest BCUT2D eigenvalue weighted by Crippen LogP contribution is -2.04. The fourth-order valence-corrected chi connectivity index (χ4v) is 0.980. The lowest BCUT2D eigenvalue weighted by Gasteiger charge is -2.04. The maximum absolute atomic E-state index is 8.72. The lowest BCUT2D eigenvalue weighted by molar-refractivity contribution is 0.930. The first-order valence-corrected chi connectivity index (χ1v) is 4.43. The molecule has 1 heterocycles. The molecule has 0 aliphatic carbocycles. The van der Waals surface area contributed by atoms with Gasteiger partial charge in [0.2, 0.25) is 0 Å². The Balaban J connectivity index is 2.93. The highest BCUT2D eigenvalue weighted by atomic mass is 15.0. The summed E-state index contributed by atoms with van der Waals surface area (Å²) in [5.74, 6) is 1.35. The number of nitrogens with zero attached hydrogens (tertiary/aromatic N) is 3. The molecule has 1 aromatic rings. The van der Waals surface area contributed by atoms with Gasteiger partial charge in [-0.05, 0) is 0 Å². The quantitative estimate of drug-likeness (QED) is 0.727. The molecule has 1 rings (SSSR count). The van der Waals surface area contributed by atoms with Crippen LogP contribution in [-0.4, -0.2) is 16.5 Å². The summed E-state index contributed by atoms with van der Waals surface area (Å²) in [6.07, 6.45) is 2.46. The second kappa shape index (κ2) is 4.97. The number of hydrogen-bond acceptors (Lipinski definition) is 4. The summed E-state index contributed by atoms with van der Waals surface area (Å²) in [7, 11) is 0. The van der Waals surface area contributed by atoms with Crippen LogP contribution in [0.25, 0.3) is 0 Å². The summed E-state index contributed by atoms with van der Waals surface area (Å²) in [5, 5.41) is 11.7. The predicted molar refractivity (Wildman–Crippen MR) is 54.8 cm³/mol. The molecule has 0 spiro atoms. The molecule has 0 radical (unpaired) electrons. The molecule has 0 saturated heterocycles. The second-order valence-electron chi connectivity index (χ2n) is 2.69. The molecule has 4 nitrogen and oxygen atoms in total. The summed E-state index contributed by atoms with van der Waals surface area (Å²) in [6, 6.07) is 3.63. The predicted octanol–water partition coefficient (Wildman–Crippen LogP) is 1.51. The van der Waals surface area contributed by atoms with Crippen LogP contribution in [0, 0.1) is 11.3 Å². The van der Waals surface area contributed by atoms with Crippen LogP contribution in [-0.2, 0) is 6.42 Å². The number of rotatable bonds is 4. The van der Waals surface area contributed by atoms with Gasteiger partial charge in [-0.3, -0.25) is 0 Å². The van der Waals surface area contributed by atoms with Gasteiger partial charge in [-0.2, -0.15) is 5.26 Å². The van der Waals surface area contributed by atoms with E-state index in [2.05, 4.69) is 21.9 Å². The maximum Gasteiger partial charge on any atom is 0.146 e. The van der Waals surface area contributed by atoms with Crippen LogP contribution in [0.3, 0.4) is 0 Å². The molecular formula is C10H12N4. The molecule has 0 unspecified atom stereocenters. The lowest BCUT2D eigenvalue weighted by atomic mass is 10.3. The van der Waals surface area contributed by atoms with E-state index in [4.69, 9.17) is 5.26 Å². The monoisotopic (exact) mass is 188 g/mol. The van der Waals surface area contributed by atoms with Crippen molar-refractivity contribution in [2.24, 2.45) is 0 Å². The Bertz CT molecular complexity index is 365. The van der Waals surface area contributed by atoms with Gasteiger partial charge in [0, 0.05) is 19.0 Å². The minimum Gasteiger partial charge on any atom is -0.366 e. The molecule has 0 amide bonds. The van der Waals surface area contributed by atoms with E-state index in [9.17, 15) is 0 Å². The van der Waals surface area contributed by atoms with E-state index < -0.39 is 0 Å². The fourth-order valence-electron chi connectivity index (χ4n) is 0.980. The Morgan fingerprint density at radius 3 is 3.00 bits per heavy atom. The zero-order valence-electron chi connectivity index (χ0n) is 8.12.